The number of aromatic nitrogens is 2. The maximum atomic E-state index is 12.6. The lowest BCUT2D eigenvalue weighted by Gasteiger charge is -2.09. The van der Waals surface area contributed by atoms with Crippen LogP contribution in [0.25, 0.3) is 5.69 Å². The lowest BCUT2D eigenvalue weighted by molar-refractivity contribution is -0.137. The van der Waals surface area contributed by atoms with E-state index in [4.69, 9.17) is 0 Å². The maximum absolute atomic E-state index is 12.6. The number of nitrogens with one attached hydrogen (secondary N) is 1. The molecule has 0 atom stereocenters. The smallest absolute Gasteiger partial charge is 0.416 e. The fourth-order valence-corrected chi connectivity index (χ4v) is 1.75. The molecular weight excluding hydrogens is 277 g/mol. The van der Waals surface area contributed by atoms with Crippen LogP contribution in [0.2, 0.25) is 0 Å². The van der Waals surface area contributed by atoms with Crippen molar-refractivity contribution in [1.29, 1.82) is 0 Å². The number of hydrogen-bond donors (Lipinski definition) is 2. The van der Waals surface area contributed by atoms with Gasteiger partial charge in [0.15, 0.2) is 5.78 Å². The highest BCUT2D eigenvalue weighted by Crippen LogP contribution is 2.31. The van der Waals surface area contributed by atoms with Crippen molar-refractivity contribution in [3.8, 4) is 11.6 Å². The lowest BCUT2D eigenvalue weighted by atomic mass is 10.2. The first kappa shape index (κ1) is 13.9. The van der Waals surface area contributed by atoms with Crippen LogP contribution < -0.4 is 5.56 Å². The van der Waals surface area contributed by atoms with Gasteiger partial charge in [-0.25, -0.2) is 4.68 Å². The highest BCUT2D eigenvalue weighted by atomic mass is 19.4. The summed E-state index contributed by atoms with van der Waals surface area (Å²) in [7, 11) is 0. The van der Waals surface area contributed by atoms with Crippen LogP contribution in [-0.4, -0.2) is 20.7 Å². The second-order valence-electron chi connectivity index (χ2n) is 4.08. The zero-order chi connectivity index (χ0) is 15.1. The second kappa shape index (κ2) is 4.55. The number of nitrogens with zero attached hydrogens (tertiary/aromatic N) is 1. The van der Waals surface area contributed by atoms with E-state index in [1.165, 1.54) is 6.07 Å². The van der Waals surface area contributed by atoms with Crippen LogP contribution >= 0.6 is 0 Å². The van der Waals surface area contributed by atoms with Crippen molar-refractivity contribution in [3.63, 3.8) is 0 Å². The minimum atomic E-state index is -4.55. The molecule has 0 spiro atoms. The predicted octanol–water partition coefficient (Wildman–Crippen LogP) is 2.09. The number of carbonyl (C=O) groups is 1. The van der Waals surface area contributed by atoms with Crippen LogP contribution in [0.15, 0.2) is 29.1 Å². The number of carbonyl (C=O) groups excluding carboxylic acids is 1. The molecule has 0 amide bonds. The van der Waals surface area contributed by atoms with Crippen LogP contribution in [0, 0.1) is 0 Å². The molecule has 8 heteroatoms. The molecule has 0 saturated carbocycles. The van der Waals surface area contributed by atoms with Crippen molar-refractivity contribution in [3.05, 3.63) is 45.7 Å². The van der Waals surface area contributed by atoms with Gasteiger partial charge in [-0.2, -0.15) is 13.2 Å². The number of halogens is 3. The Labute approximate surface area is 110 Å². The molecule has 2 rings (SSSR count). The average Bonchev–Trinajstić information content (AvgIpc) is 2.64. The van der Waals surface area contributed by atoms with Crippen LogP contribution in [0.3, 0.4) is 0 Å². The molecule has 0 aliphatic carbocycles. The van der Waals surface area contributed by atoms with Gasteiger partial charge in [-0.15, -0.1) is 0 Å². The van der Waals surface area contributed by atoms with E-state index in [1.54, 1.807) is 0 Å². The van der Waals surface area contributed by atoms with Gasteiger partial charge in [0.25, 0.3) is 5.56 Å². The van der Waals surface area contributed by atoms with Gasteiger partial charge in [0.2, 0.25) is 5.88 Å². The summed E-state index contributed by atoms with van der Waals surface area (Å²) < 4.78 is 38.5. The van der Waals surface area contributed by atoms with E-state index >= 15 is 0 Å². The standard InChI is InChI=1S/C12H9F3N2O3/c1-6(18)9-10(19)16-17(11(9)20)8-4-2-3-7(5-8)12(13,14)15/h2-5,20H,1H3,(H,16,19). The van der Waals surface area contributed by atoms with E-state index in [0.29, 0.717) is 0 Å². The number of H-pyrrole nitrogens is 1. The Morgan fingerprint density at radius 3 is 2.50 bits per heavy atom. The fraction of sp³-hybridized carbons (Fsp3) is 0.167. The molecule has 0 radical (unpaired) electrons. The molecule has 20 heavy (non-hydrogen) atoms. The molecule has 1 heterocycles. The summed E-state index contributed by atoms with van der Waals surface area (Å²) in [5, 5.41) is 11.9. The Kier molecular flexibility index (Phi) is 3.16. The number of ketones is 1. The average molecular weight is 286 g/mol. The quantitative estimate of drug-likeness (QED) is 0.830. The molecule has 0 unspecified atom stereocenters. The topological polar surface area (TPSA) is 75.1 Å². The molecule has 0 bridgehead atoms. The molecule has 1 aromatic carbocycles. The van der Waals surface area contributed by atoms with Gasteiger partial charge in [-0.3, -0.25) is 14.7 Å². The van der Waals surface area contributed by atoms with Gasteiger partial charge in [0, 0.05) is 0 Å². The summed E-state index contributed by atoms with van der Waals surface area (Å²) in [6, 6.07) is 3.99. The van der Waals surface area contributed by atoms with Gasteiger partial charge >= 0.3 is 6.18 Å². The molecule has 0 aliphatic rings. The van der Waals surface area contributed by atoms with E-state index in [-0.39, 0.29) is 5.69 Å². The first-order chi connectivity index (χ1) is 9.21. The Morgan fingerprint density at radius 1 is 1.35 bits per heavy atom. The Balaban J connectivity index is 2.62. The van der Waals surface area contributed by atoms with Crippen LogP contribution in [0.4, 0.5) is 13.2 Å². The summed E-state index contributed by atoms with van der Waals surface area (Å²) in [5.74, 6) is -1.41. The minimum Gasteiger partial charge on any atom is -0.493 e. The van der Waals surface area contributed by atoms with E-state index in [0.717, 1.165) is 29.8 Å². The minimum absolute atomic E-state index is 0.109. The number of rotatable bonds is 2. The van der Waals surface area contributed by atoms with E-state index in [2.05, 4.69) is 5.10 Å². The summed E-state index contributed by atoms with van der Waals surface area (Å²) in [6.45, 7) is 1.07. The first-order valence-corrected chi connectivity index (χ1v) is 5.44. The summed E-state index contributed by atoms with van der Waals surface area (Å²) in [6.07, 6.45) is -4.55. The van der Waals surface area contributed by atoms with Crippen LogP contribution in [0.1, 0.15) is 22.8 Å². The highest BCUT2D eigenvalue weighted by Gasteiger charge is 2.31. The van der Waals surface area contributed by atoms with Crippen molar-refractivity contribution >= 4 is 5.78 Å². The zero-order valence-corrected chi connectivity index (χ0v) is 10.2. The SMILES string of the molecule is CC(=O)c1c(O)n(-c2cccc(C(F)(F)F)c2)[nH]c1=O. The van der Waals surface area contributed by atoms with E-state index in [9.17, 15) is 27.9 Å². The molecule has 0 aliphatic heterocycles. The predicted molar refractivity (Wildman–Crippen MR) is 63.1 cm³/mol. The number of benzene rings is 1. The Morgan fingerprint density at radius 2 is 2.00 bits per heavy atom. The third-order valence-corrected chi connectivity index (χ3v) is 2.66. The maximum Gasteiger partial charge on any atom is 0.416 e. The number of hydrogen-bond acceptors (Lipinski definition) is 3. The van der Waals surface area contributed by atoms with Crippen molar-refractivity contribution in [2.75, 3.05) is 0 Å². The number of Topliss-reactive ketones (excluding diaryl/α,β-unsaturated/α-hetero) is 1. The largest absolute Gasteiger partial charge is 0.493 e. The highest BCUT2D eigenvalue weighted by molar-refractivity contribution is 5.96. The molecule has 0 fully saturated rings. The Bertz CT molecular complexity index is 728. The number of alkyl halides is 3. The lowest BCUT2D eigenvalue weighted by Crippen LogP contribution is -2.10. The fourth-order valence-electron chi connectivity index (χ4n) is 1.75. The van der Waals surface area contributed by atoms with Gasteiger partial charge in [-0.1, -0.05) is 6.07 Å². The zero-order valence-electron chi connectivity index (χ0n) is 10.2. The van der Waals surface area contributed by atoms with E-state index < -0.39 is 34.5 Å². The molecule has 5 nitrogen and oxygen atoms in total. The third kappa shape index (κ3) is 2.31. The van der Waals surface area contributed by atoms with Crippen LogP contribution in [-0.2, 0) is 6.18 Å². The third-order valence-electron chi connectivity index (χ3n) is 2.66. The summed E-state index contributed by atoms with van der Waals surface area (Å²) in [5.41, 5.74) is -2.41. The summed E-state index contributed by atoms with van der Waals surface area (Å²) in [4.78, 5) is 22.7. The molecule has 106 valence electrons. The molecule has 2 aromatic rings. The van der Waals surface area contributed by atoms with E-state index in [1.807, 2.05) is 0 Å². The first-order valence-electron chi connectivity index (χ1n) is 5.44. The molecule has 0 saturated heterocycles. The van der Waals surface area contributed by atoms with Gasteiger partial charge in [0.05, 0.1) is 11.3 Å². The second-order valence-corrected chi connectivity index (χ2v) is 4.08. The van der Waals surface area contributed by atoms with Gasteiger partial charge < -0.3 is 5.11 Å². The van der Waals surface area contributed by atoms with Gasteiger partial charge in [0.1, 0.15) is 5.56 Å². The normalized spacial score (nSPS) is 11.6. The van der Waals surface area contributed by atoms with Gasteiger partial charge in [-0.05, 0) is 25.1 Å². The van der Waals surface area contributed by atoms with Crippen molar-refractivity contribution < 1.29 is 23.1 Å². The monoisotopic (exact) mass is 286 g/mol. The van der Waals surface area contributed by atoms with Crippen LogP contribution in [0.5, 0.6) is 5.88 Å². The van der Waals surface area contributed by atoms with Crippen molar-refractivity contribution in [1.82, 2.24) is 9.78 Å². The van der Waals surface area contributed by atoms with Crippen molar-refractivity contribution in [2.24, 2.45) is 0 Å². The molecule has 2 N–H and O–H groups in total. The number of aromatic amines is 1. The van der Waals surface area contributed by atoms with Crippen molar-refractivity contribution in [2.45, 2.75) is 13.1 Å². The Hall–Kier alpha value is -2.51. The molecular formula is C12H9F3N2O3. The molecule has 1 aromatic heterocycles. The summed E-state index contributed by atoms with van der Waals surface area (Å²) >= 11 is 0. The number of aromatic hydroxyl groups is 1.